The third-order valence-electron chi connectivity index (χ3n) is 5.17. The van der Waals surface area contributed by atoms with E-state index >= 15 is 0 Å². The molecule has 1 fully saturated rings. The second-order valence-electron chi connectivity index (χ2n) is 7.01. The number of carbonyl (C=O) groups excluding carboxylic acids is 1. The minimum absolute atomic E-state index is 0.00959. The van der Waals surface area contributed by atoms with Crippen molar-refractivity contribution in [2.75, 3.05) is 13.1 Å². The fourth-order valence-electron chi connectivity index (χ4n) is 3.54. The van der Waals surface area contributed by atoms with Gasteiger partial charge in [0.25, 0.3) is 0 Å². The molecule has 0 spiro atoms. The van der Waals surface area contributed by atoms with Crippen LogP contribution in [0.15, 0.2) is 35.2 Å². The molecule has 0 aliphatic carbocycles. The van der Waals surface area contributed by atoms with Gasteiger partial charge in [0.15, 0.2) is 0 Å². The normalized spacial score (nSPS) is 16.4. The molecule has 1 N–H and O–H groups in total. The van der Waals surface area contributed by atoms with Crippen LogP contribution in [0.2, 0.25) is 0 Å². The summed E-state index contributed by atoms with van der Waals surface area (Å²) in [6.07, 6.45) is 1.05. The zero-order chi connectivity index (χ0) is 19.6. The van der Waals surface area contributed by atoms with Crippen LogP contribution in [-0.4, -0.2) is 41.5 Å². The second kappa shape index (κ2) is 7.82. The molecule has 1 aliphatic heterocycles. The van der Waals surface area contributed by atoms with Gasteiger partial charge in [-0.3, -0.25) is 9.48 Å². The van der Waals surface area contributed by atoms with Gasteiger partial charge in [0.05, 0.1) is 11.4 Å². The van der Waals surface area contributed by atoms with Crippen LogP contribution >= 0.6 is 0 Å². The predicted molar refractivity (Wildman–Crippen MR) is 102 cm³/mol. The summed E-state index contributed by atoms with van der Waals surface area (Å²) >= 11 is 0. The highest BCUT2D eigenvalue weighted by molar-refractivity contribution is 7.89. The molecule has 0 atom stereocenters. The summed E-state index contributed by atoms with van der Waals surface area (Å²) in [5.41, 5.74) is 2.20. The van der Waals surface area contributed by atoms with E-state index in [1.807, 2.05) is 30.3 Å². The summed E-state index contributed by atoms with van der Waals surface area (Å²) < 4.78 is 29.1. The molecule has 0 saturated carbocycles. The van der Waals surface area contributed by atoms with Crippen LogP contribution in [0.3, 0.4) is 0 Å². The molecule has 1 amide bonds. The van der Waals surface area contributed by atoms with Gasteiger partial charge in [0.1, 0.15) is 4.90 Å². The van der Waals surface area contributed by atoms with Gasteiger partial charge in [-0.05, 0) is 32.3 Å². The Hall–Kier alpha value is -2.19. The Labute approximate surface area is 160 Å². The molecule has 27 heavy (non-hydrogen) atoms. The molecule has 2 aromatic rings. The van der Waals surface area contributed by atoms with Gasteiger partial charge < -0.3 is 5.32 Å². The van der Waals surface area contributed by atoms with Crippen LogP contribution in [0.1, 0.15) is 29.8 Å². The minimum Gasteiger partial charge on any atom is -0.352 e. The number of amides is 1. The van der Waals surface area contributed by atoms with Crippen LogP contribution in [0, 0.1) is 19.8 Å². The van der Waals surface area contributed by atoms with Crippen LogP contribution < -0.4 is 5.32 Å². The zero-order valence-corrected chi connectivity index (χ0v) is 16.8. The number of rotatable bonds is 5. The van der Waals surface area contributed by atoms with E-state index in [1.165, 1.54) is 4.31 Å². The lowest BCUT2D eigenvalue weighted by Gasteiger charge is -2.30. The van der Waals surface area contributed by atoms with Crippen LogP contribution in [0.25, 0.3) is 0 Å². The van der Waals surface area contributed by atoms with E-state index in [-0.39, 0.29) is 16.7 Å². The smallest absolute Gasteiger partial charge is 0.246 e. The van der Waals surface area contributed by atoms with Gasteiger partial charge >= 0.3 is 0 Å². The Morgan fingerprint density at radius 1 is 1.19 bits per heavy atom. The molecule has 146 valence electrons. The second-order valence-corrected chi connectivity index (χ2v) is 8.88. The average molecular weight is 391 g/mol. The summed E-state index contributed by atoms with van der Waals surface area (Å²) in [6, 6.07) is 9.75. The topological polar surface area (TPSA) is 84.3 Å². The lowest BCUT2D eigenvalue weighted by Crippen LogP contribution is -2.43. The summed E-state index contributed by atoms with van der Waals surface area (Å²) in [7, 11) is -1.85. The quantitative estimate of drug-likeness (QED) is 0.843. The largest absolute Gasteiger partial charge is 0.352 e. The third-order valence-corrected chi connectivity index (χ3v) is 7.33. The van der Waals surface area contributed by atoms with Crippen molar-refractivity contribution in [3.05, 3.63) is 47.3 Å². The number of aryl methyl sites for hydroxylation is 2. The van der Waals surface area contributed by atoms with E-state index in [9.17, 15) is 13.2 Å². The molecule has 1 aromatic carbocycles. The van der Waals surface area contributed by atoms with E-state index in [4.69, 9.17) is 0 Å². The van der Waals surface area contributed by atoms with Gasteiger partial charge in [0.2, 0.25) is 15.9 Å². The Kier molecular flexibility index (Phi) is 5.67. The van der Waals surface area contributed by atoms with Gasteiger partial charge in [-0.25, -0.2) is 8.42 Å². The maximum Gasteiger partial charge on any atom is 0.246 e. The lowest BCUT2D eigenvalue weighted by molar-refractivity contribution is -0.126. The molecular weight excluding hydrogens is 364 g/mol. The standard InChI is InChI=1S/C19H26N4O3S/c1-14-18(15(2)22(3)21-14)27(25,26)23-11-9-17(10-12-23)19(24)20-13-16-7-5-4-6-8-16/h4-8,17H,9-13H2,1-3H3,(H,20,24). The number of nitrogens with one attached hydrogen (secondary N) is 1. The average Bonchev–Trinajstić information content (AvgIpc) is 2.93. The van der Waals surface area contributed by atoms with E-state index in [0.29, 0.717) is 43.9 Å². The van der Waals surface area contributed by atoms with Gasteiger partial charge in [0, 0.05) is 32.6 Å². The van der Waals surface area contributed by atoms with Gasteiger partial charge in [-0.15, -0.1) is 0 Å². The molecule has 0 bridgehead atoms. The number of carbonyl (C=O) groups is 1. The monoisotopic (exact) mass is 390 g/mol. The number of nitrogens with zero attached hydrogens (tertiary/aromatic N) is 3. The molecule has 1 aromatic heterocycles. The fraction of sp³-hybridized carbons (Fsp3) is 0.474. The number of aromatic nitrogens is 2. The van der Waals surface area contributed by atoms with Crippen molar-refractivity contribution in [3.8, 4) is 0 Å². The number of benzene rings is 1. The van der Waals surface area contributed by atoms with Crippen molar-refractivity contribution in [2.45, 2.75) is 38.1 Å². The summed E-state index contributed by atoms with van der Waals surface area (Å²) in [5.74, 6) is -0.166. The predicted octanol–water partition coefficient (Wildman–Crippen LogP) is 1.75. The summed E-state index contributed by atoms with van der Waals surface area (Å²) in [4.78, 5) is 12.7. The Bertz CT molecular complexity index is 914. The fourth-order valence-corrected chi connectivity index (χ4v) is 5.41. The number of hydrogen-bond acceptors (Lipinski definition) is 4. The molecular formula is C19H26N4O3S. The van der Waals surface area contributed by atoms with Crippen LogP contribution in [0.5, 0.6) is 0 Å². The van der Waals surface area contributed by atoms with Crippen molar-refractivity contribution in [1.29, 1.82) is 0 Å². The van der Waals surface area contributed by atoms with Gasteiger partial charge in [-0.1, -0.05) is 30.3 Å². The molecule has 2 heterocycles. The Balaban J connectivity index is 1.60. The van der Waals surface area contributed by atoms with Crippen molar-refractivity contribution >= 4 is 15.9 Å². The minimum atomic E-state index is -3.59. The first-order chi connectivity index (χ1) is 12.8. The van der Waals surface area contributed by atoms with Crippen molar-refractivity contribution in [1.82, 2.24) is 19.4 Å². The third kappa shape index (κ3) is 4.06. The SMILES string of the molecule is Cc1nn(C)c(C)c1S(=O)(=O)N1CCC(C(=O)NCc2ccccc2)CC1. The van der Waals surface area contributed by atoms with E-state index < -0.39 is 10.0 Å². The molecule has 0 unspecified atom stereocenters. The Morgan fingerprint density at radius 3 is 2.37 bits per heavy atom. The zero-order valence-electron chi connectivity index (χ0n) is 16.0. The maximum absolute atomic E-state index is 13.0. The van der Waals surface area contributed by atoms with Crippen LogP contribution in [-0.2, 0) is 28.4 Å². The van der Waals surface area contributed by atoms with E-state index in [0.717, 1.165) is 5.56 Å². The highest BCUT2D eigenvalue weighted by Crippen LogP contribution is 2.27. The Morgan fingerprint density at radius 2 is 1.81 bits per heavy atom. The van der Waals surface area contributed by atoms with Gasteiger partial charge in [-0.2, -0.15) is 9.40 Å². The number of hydrogen-bond donors (Lipinski definition) is 1. The van der Waals surface area contributed by atoms with E-state index in [2.05, 4.69) is 10.4 Å². The molecule has 8 heteroatoms. The summed E-state index contributed by atoms with van der Waals surface area (Å²) in [6.45, 7) is 4.66. The first kappa shape index (κ1) is 19.6. The summed E-state index contributed by atoms with van der Waals surface area (Å²) in [5, 5.41) is 7.17. The lowest BCUT2D eigenvalue weighted by atomic mass is 9.97. The van der Waals surface area contributed by atoms with E-state index in [1.54, 1.807) is 25.6 Å². The van der Waals surface area contributed by atoms with Crippen molar-refractivity contribution in [2.24, 2.45) is 13.0 Å². The van der Waals surface area contributed by atoms with Crippen LogP contribution in [0.4, 0.5) is 0 Å². The highest BCUT2D eigenvalue weighted by atomic mass is 32.2. The van der Waals surface area contributed by atoms with Crippen molar-refractivity contribution in [3.63, 3.8) is 0 Å². The first-order valence-electron chi connectivity index (χ1n) is 9.12. The molecule has 1 saturated heterocycles. The molecule has 1 aliphatic rings. The molecule has 7 nitrogen and oxygen atoms in total. The molecule has 0 radical (unpaired) electrons. The molecule has 3 rings (SSSR count). The first-order valence-corrected chi connectivity index (χ1v) is 10.6. The maximum atomic E-state index is 13.0. The number of piperidine rings is 1. The van der Waals surface area contributed by atoms with Crippen molar-refractivity contribution < 1.29 is 13.2 Å². The number of sulfonamides is 1. The highest BCUT2D eigenvalue weighted by Gasteiger charge is 2.35.